The van der Waals surface area contributed by atoms with Crippen LogP contribution in [0.1, 0.15) is 36.8 Å². The molecule has 0 aliphatic rings. The molecule has 9 nitrogen and oxygen atoms in total. The molecule has 0 radical (unpaired) electrons. The van der Waals surface area contributed by atoms with E-state index in [1.807, 2.05) is 0 Å². The van der Waals surface area contributed by atoms with Gasteiger partial charge in [-0.1, -0.05) is 48.0 Å². The zero-order valence-corrected chi connectivity index (χ0v) is 19.1. The van der Waals surface area contributed by atoms with E-state index in [0.29, 0.717) is 22.0 Å². The van der Waals surface area contributed by atoms with Crippen LogP contribution in [0, 0.1) is 0 Å². The van der Waals surface area contributed by atoms with Gasteiger partial charge in [0.15, 0.2) is 0 Å². The predicted molar refractivity (Wildman–Crippen MR) is 134 cm³/mol. The summed E-state index contributed by atoms with van der Waals surface area (Å²) < 4.78 is 0. The third-order valence-corrected chi connectivity index (χ3v) is 5.44. The fraction of sp³-hybridized carbons (Fsp3) is 0.0400. The Labute approximate surface area is 205 Å². The Morgan fingerprint density at radius 1 is 0.829 bits per heavy atom. The molecule has 0 aliphatic heterocycles. The van der Waals surface area contributed by atoms with Crippen LogP contribution >= 0.6 is 11.6 Å². The summed E-state index contributed by atoms with van der Waals surface area (Å²) in [5.41, 5.74) is 8.69. The van der Waals surface area contributed by atoms with Crippen LogP contribution in [0.3, 0.4) is 0 Å². The first-order valence-electron chi connectivity index (χ1n) is 10.5. The number of hydrogen-bond acceptors (Lipinski definition) is 5. The van der Waals surface area contributed by atoms with E-state index in [2.05, 4.69) is 26.1 Å². The van der Waals surface area contributed by atoms with Crippen LogP contribution in [0.2, 0.25) is 5.02 Å². The third kappa shape index (κ3) is 5.66. The number of carbonyl (C=O) groups is 3. The van der Waals surface area contributed by atoms with Gasteiger partial charge >= 0.3 is 0 Å². The fourth-order valence-electron chi connectivity index (χ4n) is 3.24. The highest BCUT2D eigenvalue weighted by Crippen LogP contribution is 2.20. The van der Waals surface area contributed by atoms with Crippen molar-refractivity contribution in [2.24, 2.45) is 0 Å². The van der Waals surface area contributed by atoms with Gasteiger partial charge in [-0.3, -0.25) is 19.5 Å². The van der Waals surface area contributed by atoms with E-state index in [1.54, 1.807) is 72.8 Å². The van der Waals surface area contributed by atoms with Gasteiger partial charge in [0.2, 0.25) is 0 Å². The van der Waals surface area contributed by atoms with E-state index in [1.165, 1.54) is 6.20 Å². The summed E-state index contributed by atoms with van der Waals surface area (Å²) in [6.07, 6.45) is 1.34. The lowest BCUT2D eigenvalue weighted by Crippen LogP contribution is -2.25. The number of nitrogens with zero attached hydrogens (tertiary/aromatic N) is 1. The van der Waals surface area contributed by atoms with Gasteiger partial charge in [0, 0.05) is 12.1 Å². The van der Waals surface area contributed by atoms with Crippen LogP contribution in [0.15, 0.2) is 79.0 Å². The summed E-state index contributed by atoms with van der Waals surface area (Å²) in [4.78, 5) is 37.6. The van der Waals surface area contributed by atoms with E-state index >= 15 is 0 Å². The molecule has 0 saturated carbocycles. The van der Waals surface area contributed by atoms with Crippen molar-refractivity contribution in [2.45, 2.75) is 6.54 Å². The number of benzene rings is 3. The minimum absolute atomic E-state index is 0.0989. The SMILES string of the molecule is Nc1ccccc1NC(=O)c1ccc(CNC(=O)c2[nH]ncc2NC(=O)c2ccccc2Cl)cc1. The normalized spacial score (nSPS) is 10.4. The highest BCUT2D eigenvalue weighted by atomic mass is 35.5. The van der Waals surface area contributed by atoms with Gasteiger partial charge in [-0.15, -0.1) is 0 Å². The van der Waals surface area contributed by atoms with Gasteiger partial charge in [-0.05, 0) is 42.0 Å². The number of amides is 3. The van der Waals surface area contributed by atoms with Gasteiger partial charge in [0.05, 0.1) is 33.8 Å². The minimum atomic E-state index is -0.461. The second-order valence-electron chi connectivity index (χ2n) is 7.51. The Bertz CT molecular complexity index is 1380. The quantitative estimate of drug-likeness (QED) is 0.249. The first kappa shape index (κ1) is 23.5. The van der Waals surface area contributed by atoms with Crippen molar-refractivity contribution in [2.75, 3.05) is 16.4 Å². The molecule has 6 N–H and O–H groups in total. The minimum Gasteiger partial charge on any atom is -0.397 e. The molecular formula is C25H21ClN6O3. The van der Waals surface area contributed by atoms with Gasteiger partial charge in [0.25, 0.3) is 17.7 Å². The molecule has 3 aromatic carbocycles. The number of anilines is 3. The molecule has 0 spiro atoms. The van der Waals surface area contributed by atoms with Crippen molar-refractivity contribution in [1.82, 2.24) is 15.5 Å². The van der Waals surface area contributed by atoms with Gasteiger partial charge in [-0.2, -0.15) is 5.10 Å². The maximum Gasteiger partial charge on any atom is 0.271 e. The fourth-order valence-corrected chi connectivity index (χ4v) is 3.46. The van der Waals surface area contributed by atoms with E-state index < -0.39 is 11.8 Å². The number of aromatic nitrogens is 2. The zero-order valence-electron chi connectivity index (χ0n) is 18.3. The number of aromatic amines is 1. The summed E-state index contributed by atoms with van der Waals surface area (Å²) >= 11 is 6.06. The Hall–Kier alpha value is -4.63. The highest BCUT2D eigenvalue weighted by molar-refractivity contribution is 6.34. The molecule has 176 valence electrons. The van der Waals surface area contributed by atoms with E-state index in [9.17, 15) is 14.4 Å². The molecule has 1 heterocycles. The number of H-pyrrole nitrogens is 1. The number of para-hydroxylation sites is 2. The monoisotopic (exact) mass is 488 g/mol. The van der Waals surface area contributed by atoms with Crippen LogP contribution in [-0.4, -0.2) is 27.9 Å². The van der Waals surface area contributed by atoms with Gasteiger partial charge in [-0.25, -0.2) is 0 Å². The molecule has 0 unspecified atom stereocenters. The number of rotatable bonds is 7. The number of hydrogen-bond donors (Lipinski definition) is 5. The number of nitrogens with two attached hydrogens (primary N) is 1. The van der Waals surface area contributed by atoms with Crippen molar-refractivity contribution < 1.29 is 14.4 Å². The van der Waals surface area contributed by atoms with Crippen molar-refractivity contribution in [1.29, 1.82) is 0 Å². The van der Waals surface area contributed by atoms with Crippen LogP contribution < -0.4 is 21.7 Å². The van der Waals surface area contributed by atoms with Crippen molar-refractivity contribution in [3.05, 3.63) is 106 Å². The number of carbonyl (C=O) groups excluding carboxylic acids is 3. The van der Waals surface area contributed by atoms with Gasteiger partial charge in [0.1, 0.15) is 5.69 Å². The smallest absolute Gasteiger partial charge is 0.271 e. The molecule has 0 aliphatic carbocycles. The Morgan fingerprint density at radius 2 is 1.51 bits per heavy atom. The Balaban J connectivity index is 1.35. The Kier molecular flexibility index (Phi) is 7.08. The number of nitrogen functional groups attached to an aromatic ring is 1. The first-order chi connectivity index (χ1) is 16.9. The molecule has 3 amide bonds. The highest BCUT2D eigenvalue weighted by Gasteiger charge is 2.18. The summed E-state index contributed by atoms with van der Waals surface area (Å²) in [7, 11) is 0. The summed E-state index contributed by atoms with van der Waals surface area (Å²) in [5.74, 6) is -1.22. The molecule has 4 aromatic rings. The molecule has 35 heavy (non-hydrogen) atoms. The standard InChI is InChI=1S/C25H21ClN6O3/c26-18-6-2-1-5-17(18)24(34)31-21-14-29-32-22(21)25(35)28-13-15-9-11-16(12-10-15)23(33)30-20-8-4-3-7-19(20)27/h1-12,14H,13,27H2,(H,28,35)(H,29,32)(H,30,33)(H,31,34). The number of nitrogens with one attached hydrogen (secondary N) is 4. The molecule has 4 rings (SSSR count). The van der Waals surface area contributed by atoms with Crippen LogP contribution in [-0.2, 0) is 6.54 Å². The Morgan fingerprint density at radius 3 is 2.26 bits per heavy atom. The lowest BCUT2D eigenvalue weighted by atomic mass is 10.1. The van der Waals surface area contributed by atoms with Crippen LogP contribution in [0.25, 0.3) is 0 Å². The third-order valence-electron chi connectivity index (χ3n) is 5.11. The first-order valence-corrected chi connectivity index (χ1v) is 10.9. The summed E-state index contributed by atoms with van der Waals surface area (Å²) in [5, 5.41) is 14.9. The molecule has 0 fully saturated rings. The largest absolute Gasteiger partial charge is 0.397 e. The summed E-state index contributed by atoms with van der Waals surface area (Å²) in [6, 6.07) is 20.4. The van der Waals surface area contributed by atoms with Crippen molar-refractivity contribution in [3.8, 4) is 0 Å². The molecule has 10 heteroatoms. The second kappa shape index (κ2) is 10.5. The lowest BCUT2D eigenvalue weighted by Gasteiger charge is -2.09. The topological polar surface area (TPSA) is 142 Å². The van der Waals surface area contributed by atoms with Crippen LogP contribution in [0.4, 0.5) is 17.1 Å². The van der Waals surface area contributed by atoms with Crippen molar-refractivity contribution in [3.63, 3.8) is 0 Å². The zero-order chi connectivity index (χ0) is 24.8. The van der Waals surface area contributed by atoms with Gasteiger partial charge < -0.3 is 21.7 Å². The van der Waals surface area contributed by atoms with E-state index in [4.69, 9.17) is 17.3 Å². The maximum absolute atomic E-state index is 12.7. The maximum atomic E-state index is 12.7. The predicted octanol–water partition coefficient (Wildman–Crippen LogP) is 4.08. The molecule has 0 saturated heterocycles. The lowest BCUT2D eigenvalue weighted by molar-refractivity contribution is 0.0945. The second-order valence-corrected chi connectivity index (χ2v) is 7.92. The molecule has 0 atom stereocenters. The molecule has 0 bridgehead atoms. The molecular weight excluding hydrogens is 468 g/mol. The average molecular weight is 489 g/mol. The van der Waals surface area contributed by atoms with E-state index in [0.717, 1.165) is 5.56 Å². The summed E-state index contributed by atoms with van der Waals surface area (Å²) in [6.45, 7) is 0.198. The van der Waals surface area contributed by atoms with Crippen LogP contribution in [0.5, 0.6) is 0 Å². The number of halogens is 1. The average Bonchev–Trinajstić information content (AvgIpc) is 3.32. The molecule has 1 aromatic heterocycles. The van der Waals surface area contributed by atoms with Crippen molar-refractivity contribution >= 4 is 46.4 Å². The van der Waals surface area contributed by atoms with E-state index in [-0.39, 0.29) is 29.4 Å².